The third-order valence-corrected chi connectivity index (χ3v) is 2.30. The molecule has 1 unspecified atom stereocenters. The molecule has 0 rings (SSSR count). The summed E-state index contributed by atoms with van der Waals surface area (Å²) in [5.41, 5.74) is -0.691. The van der Waals surface area contributed by atoms with Crippen molar-refractivity contribution in [3.63, 3.8) is 0 Å². The van der Waals surface area contributed by atoms with Gasteiger partial charge < -0.3 is 10.4 Å². The monoisotopic (exact) mass is 225 g/mol. The maximum absolute atomic E-state index is 11.4. The van der Waals surface area contributed by atoms with Crippen molar-refractivity contribution < 1.29 is 14.7 Å². The first-order valence-corrected chi connectivity index (χ1v) is 5.27. The van der Waals surface area contributed by atoms with E-state index in [0.29, 0.717) is 6.42 Å². The van der Waals surface area contributed by atoms with Crippen molar-refractivity contribution in [1.29, 1.82) is 0 Å². The largest absolute Gasteiger partial charge is 0.481 e. The van der Waals surface area contributed by atoms with E-state index in [-0.39, 0.29) is 12.3 Å². The molecular formula is C12H19NO3. The summed E-state index contributed by atoms with van der Waals surface area (Å²) in [6.45, 7) is 5.42. The summed E-state index contributed by atoms with van der Waals surface area (Å²) < 4.78 is 0. The zero-order valence-corrected chi connectivity index (χ0v) is 9.99. The molecule has 0 aliphatic carbocycles. The Morgan fingerprint density at radius 3 is 2.44 bits per heavy atom. The molecule has 0 spiro atoms. The Balaban J connectivity index is 4.41. The molecule has 0 heterocycles. The molecule has 1 atom stereocenters. The van der Waals surface area contributed by atoms with Gasteiger partial charge in [-0.2, -0.15) is 0 Å². The molecule has 0 saturated heterocycles. The number of amides is 1. The molecular weight excluding hydrogens is 206 g/mol. The van der Waals surface area contributed by atoms with E-state index in [2.05, 4.69) is 5.32 Å². The van der Waals surface area contributed by atoms with Crippen molar-refractivity contribution in [3.05, 3.63) is 24.3 Å². The number of hydrogen-bond acceptors (Lipinski definition) is 2. The van der Waals surface area contributed by atoms with Gasteiger partial charge in [0, 0.05) is 11.6 Å². The number of allylic oxidation sites excluding steroid dienone is 3. The topological polar surface area (TPSA) is 66.4 Å². The predicted molar refractivity (Wildman–Crippen MR) is 63.0 cm³/mol. The maximum Gasteiger partial charge on any atom is 0.305 e. The Morgan fingerprint density at radius 2 is 2.00 bits per heavy atom. The number of carboxylic acid groups (broad SMARTS) is 1. The molecule has 2 N–H and O–H groups in total. The van der Waals surface area contributed by atoms with Crippen LogP contribution in [0.25, 0.3) is 0 Å². The van der Waals surface area contributed by atoms with E-state index < -0.39 is 11.5 Å². The zero-order chi connectivity index (χ0) is 12.6. The first kappa shape index (κ1) is 14.4. The number of carbonyl (C=O) groups is 2. The van der Waals surface area contributed by atoms with Crippen LogP contribution in [0.4, 0.5) is 0 Å². The Kier molecular flexibility index (Phi) is 6.15. The van der Waals surface area contributed by atoms with Gasteiger partial charge in [-0.25, -0.2) is 0 Å². The van der Waals surface area contributed by atoms with Crippen LogP contribution < -0.4 is 5.32 Å². The van der Waals surface area contributed by atoms with Gasteiger partial charge in [0.1, 0.15) is 0 Å². The molecule has 0 aliphatic rings. The van der Waals surface area contributed by atoms with Crippen LogP contribution in [0.3, 0.4) is 0 Å². The second-order valence-corrected chi connectivity index (χ2v) is 3.86. The van der Waals surface area contributed by atoms with Gasteiger partial charge in [-0.05, 0) is 20.3 Å². The average Bonchev–Trinajstić information content (AvgIpc) is 2.16. The maximum atomic E-state index is 11.4. The fraction of sp³-hybridized carbons (Fsp3) is 0.500. The van der Waals surface area contributed by atoms with Gasteiger partial charge in [0.2, 0.25) is 5.91 Å². The molecule has 0 bridgehead atoms. The lowest BCUT2D eigenvalue weighted by atomic mass is 9.94. The first-order valence-electron chi connectivity index (χ1n) is 5.27. The Morgan fingerprint density at radius 1 is 1.38 bits per heavy atom. The Bertz CT molecular complexity index is 307. The molecule has 1 amide bonds. The van der Waals surface area contributed by atoms with Crippen molar-refractivity contribution in [2.45, 2.75) is 39.2 Å². The van der Waals surface area contributed by atoms with Crippen molar-refractivity contribution in [2.75, 3.05) is 0 Å². The van der Waals surface area contributed by atoms with E-state index in [4.69, 9.17) is 5.11 Å². The number of nitrogens with one attached hydrogen (secondary N) is 1. The summed E-state index contributed by atoms with van der Waals surface area (Å²) in [4.78, 5) is 22.1. The Hall–Kier alpha value is -1.58. The molecule has 16 heavy (non-hydrogen) atoms. The molecule has 0 aliphatic heterocycles. The fourth-order valence-corrected chi connectivity index (χ4v) is 1.18. The minimum absolute atomic E-state index is 0.0767. The molecule has 4 nitrogen and oxygen atoms in total. The van der Waals surface area contributed by atoms with E-state index in [9.17, 15) is 9.59 Å². The summed E-state index contributed by atoms with van der Waals surface area (Å²) in [6.07, 6.45) is 7.04. The first-order chi connectivity index (χ1) is 7.43. The molecule has 0 saturated carbocycles. The van der Waals surface area contributed by atoms with E-state index in [1.165, 1.54) is 6.08 Å². The second-order valence-electron chi connectivity index (χ2n) is 3.86. The number of carboxylic acids is 1. The van der Waals surface area contributed by atoms with Crippen molar-refractivity contribution in [1.82, 2.24) is 5.32 Å². The van der Waals surface area contributed by atoms with Crippen molar-refractivity contribution in [3.8, 4) is 0 Å². The summed E-state index contributed by atoms with van der Waals surface area (Å²) in [6, 6.07) is 0. The molecule has 4 heteroatoms. The van der Waals surface area contributed by atoms with Crippen LogP contribution >= 0.6 is 0 Å². The standard InChI is InChI=1S/C12H19NO3/c1-4-6-7-8-10(14)13-12(3,5-2)9-11(15)16/h4,6-8H,5,9H2,1-3H3,(H,13,14)(H,15,16)/b6-4?,8-7+. The number of hydrogen-bond donors (Lipinski definition) is 2. The van der Waals surface area contributed by atoms with Gasteiger partial charge >= 0.3 is 5.97 Å². The van der Waals surface area contributed by atoms with Crippen LogP contribution in [0, 0.1) is 0 Å². The zero-order valence-electron chi connectivity index (χ0n) is 9.99. The minimum atomic E-state index is -0.915. The Labute approximate surface area is 96.0 Å². The summed E-state index contributed by atoms with van der Waals surface area (Å²) in [5.74, 6) is -1.19. The lowest BCUT2D eigenvalue weighted by molar-refractivity contribution is -0.138. The third-order valence-electron chi connectivity index (χ3n) is 2.30. The lowest BCUT2D eigenvalue weighted by Gasteiger charge is -2.27. The number of aliphatic carboxylic acids is 1. The van der Waals surface area contributed by atoms with Crippen molar-refractivity contribution >= 4 is 11.9 Å². The summed E-state index contributed by atoms with van der Waals surface area (Å²) in [5, 5.41) is 11.4. The smallest absolute Gasteiger partial charge is 0.305 e. The third kappa shape index (κ3) is 6.01. The van der Waals surface area contributed by atoms with Crippen LogP contribution in [0.2, 0.25) is 0 Å². The normalized spacial score (nSPS) is 15.2. The van der Waals surface area contributed by atoms with Gasteiger partial charge in [-0.1, -0.05) is 25.2 Å². The second kappa shape index (κ2) is 6.82. The fourth-order valence-electron chi connectivity index (χ4n) is 1.18. The van der Waals surface area contributed by atoms with Crippen LogP contribution in [0.1, 0.15) is 33.6 Å². The lowest BCUT2D eigenvalue weighted by Crippen LogP contribution is -2.46. The van der Waals surface area contributed by atoms with E-state index in [0.717, 1.165) is 0 Å². The minimum Gasteiger partial charge on any atom is -0.481 e. The van der Waals surface area contributed by atoms with Gasteiger partial charge in [-0.15, -0.1) is 0 Å². The van der Waals surface area contributed by atoms with E-state index in [1.807, 2.05) is 13.8 Å². The number of rotatable bonds is 6. The van der Waals surface area contributed by atoms with E-state index >= 15 is 0 Å². The van der Waals surface area contributed by atoms with E-state index in [1.54, 1.807) is 25.2 Å². The molecule has 0 aromatic heterocycles. The van der Waals surface area contributed by atoms with Crippen LogP contribution in [0.15, 0.2) is 24.3 Å². The highest BCUT2D eigenvalue weighted by Gasteiger charge is 2.26. The summed E-state index contributed by atoms with van der Waals surface area (Å²) in [7, 11) is 0. The molecule has 0 aromatic carbocycles. The predicted octanol–water partition coefficient (Wildman–Crippen LogP) is 1.88. The highest BCUT2D eigenvalue weighted by molar-refractivity contribution is 5.88. The van der Waals surface area contributed by atoms with Crippen LogP contribution in [-0.2, 0) is 9.59 Å². The van der Waals surface area contributed by atoms with Crippen molar-refractivity contribution in [2.24, 2.45) is 0 Å². The highest BCUT2D eigenvalue weighted by Crippen LogP contribution is 2.14. The van der Waals surface area contributed by atoms with Gasteiger partial charge in [0.25, 0.3) is 0 Å². The molecule has 90 valence electrons. The van der Waals surface area contributed by atoms with Gasteiger partial charge in [0.15, 0.2) is 0 Å². The number of carbonyl (C=O) groups excluding carboxylic acids is 1. The summed E-state index contributed by atoms with van der Waals surface area (Å²) >= 11 is 0. The quantitative estimate of drug-likeness (QED) is 0.535. The van der Waals surface area contributed by atoms with Gasteiger partial charge in [-0.3, -0.25) is 9.59 Å². The molecule has 0 radical (unpaired) electrons. The SMILES string of the molecule is CC=C/C=C/C(=O)NC(C)(CC)CC(=O)O. The molecule has 0 fully saturated rings. The average molecular weight is 225 g/mol. The van der Waals surface area contributed by atoms with Crippen LogP contribution in [-0.4, -0.2) is 22.5 Å². The van der Waals surface area contributed by atoms with Gasteiger partial charge in [0.05, 0.1) is 6.42 Å². The molecule has 0 aromatic rings. The highest BCUT2D eigenvalue weighted by atomic mass is 16.4. The van der Waals surface area contributed by atoms with Crippen LogP contribution in [0.5, 0.6) is 0 Å².